The van der Waals surface area contributed by atoms with Gasteiger partial charge in [-0.15, -0.1) is 0 Å². The van der Waals surface area contributed by atoms with Crippen LogP contribution in [0.15, 0.2) is 46.9 Å². The molecular weight excluding hydrogens is 372 g/mol. The summed E-state index contributed by atoms with van der Waals surface area (Å²) in [5.41, 5.74) is 1.95. The highest BCUT2D eigenvalue weighted by Gasteiger charge is 2.38. The molecule has 6 heteroatoms. The summed E-state index contributed by atoms with van der Waals surface area (Å²) in [6.07, 6.45) is 0. The number of hydrogen-bond donors (Lipinski definition) is 1. The van der Waals surface area contributed by atoms with E-state index in [1.54, 1.807) is 13.2 Å². The number of halogens is 1. The zero-order valence-corrected chi connectivity index (χ0v) is 14.9. The first-order chi connectivity index (χ1) is 11.6. The van der Waals surface area contributed by atoms with Gasteiger partial charge in [0, 0.05) is 36.1 Å². The molecule has 0 unspecified atom stereocenters. The zero-order valence-electron chi connectivity index (χ0n) is 13.4. The molecule has 1 N–H and O–H groups in total. The van der Waals surface area contributed by atoms with Crippen molar-refractivity contribution in [2.24, 2.45) is 5.92 Å². The minimum atomic E-state index is -0.746. The van der Waals surface area contributed by atoms with Gasteiger partial charge in [-0.1, -0.05) is 34.1 Å². The molecule has 126 valence electrons. The smallest absolute Gasteiger partial charge is 0.308 e. The fraction of sp³-hybridized carbons (Fsp3) is 0.333. The maximum absolute atomic E-state index is 11.7. The monoisotopic (exact) mass is 390 g/mol. The second-order valence-corrected chi connectivity index (χ2v) is 6.88. The second-order valence-electron chi connectivity index (χ2n) is 5.97. The van der Waals surface area contributed by atoms with E-state index < -0.39 is 11.9 Å². The molecule has 0 bridgehead atoms. The van der Waals surface area contributed by atoms with E-state index in [2.05, 4.69) is 25.8 Å². The molecule has 0 amide bonds. The van der Waals surface area contributed by atoms with Crippen LogP contribution < -0.4 is 4.74 Å². The number of carboxylic acids is 1. The number of nitrogens with zero attached hydrogens (tertiary/aromatic N) is 2. The van der Waals surface area contributed by atoms with Gasteiger partial charge in [0.05, 0.1) is 18.7 Å². The van der Waals surface area contributed by atoms with E-state index >= 15 is 0 Å². The van der Waals surface area contributed by atoms with Crippen molar-refractivity contribution >= 4 is 21.9 Å². The number of carbonyl (C=O) groups is 1. The summed E-state index contributed by atoms with van der Waals surface area (Å²) < 4.78 is 6.15. The van der Waals surface area contributed by atoms with E-state index in [1.807, 2.05) is 36.4 Å². The van der Waals surface area contributed by atoms with Crippen molar-refractivity contribution in [2.75, 3.05) is 20.2 Å². The van der Waals surface area contributed by atoms with Crippen molar-refractivity contribution in [3.05, 3.63) is 58.2 Å². The van der Waals surface area contributed by atoms with Crippen LogP contribution in [0.1, 0.15) is 17.2 Å². The molecule has 0 radical (unpaired) electrons. The molecule has 1 aliphatic heterocycles. The van der Waals surface area contributed by atoms with Crippen LogP contribution in [0.25, 0.3) is 0 Å². The first-order valence-electron chi connectivity index (χ1n) is 7.77. The Morgan fingerprint density at radius 3 is 2.71 bits per heavy atom. The van der Waals surface area contributed by atoms with Crippen molar-refractivity contribution in [2.45, 2.75) is 12.5 Å². The van der Waals surface area contributed by atoms with Crippen LogP contribution in [0.2, 0.25) is 0 Å². The summed E-state index contributed by atoms with van der Waals surface area (Å²) in [7, 11) is 1.59. The largest absolute Gasteiger partial charge is 0.481 e. The number of aromatic nitrogens is 1. The van der Waals surface area contributed by atoms with E-state index in [-0.39, 0.29) is 5.92 Å². The van der Waals surface area contributed by atoms with Gasteiger partial charge in [0.15, 0.2) is 0 Å². The summed E-state index contributed by atoms with van der Waals surface area (Å²) in [4.78, 5) is 18.2. The Morgan fingerprint density at radius 2 is 2.04 bits per heavy atom. The molecule has 0 saturated carbocycles. The first-order valence-corrected chi connectivity index (χ1v) is 8.56. The highest BCUT2D eigenvalue weighted by atomic mass is 79.9. The quantitative estimate of drug-likeness (QED) is 0.849. The summed E-state index contributed by atoms with van der Waals surface area (Å²) >= 11 is 3.42. The molecule has 0 spiro atoms. The third-order valence-corrected chi connectivity index (χ3v) is 4.92. The molecule has 24 heavy (non-hydrogen) atoms. The van der Waals surface area contributed by atoms with E-state index in [1.165, 1.54) is 0 Å². The van der Waals surface area contributed by atoms with Gasteiger partial charge < -0.3 is 9.84 Å². The number of rotatable bonds is 5. The molecule has 1 fully saturated rings. The van der Waals surface area contributed by atoms with Crippen molar-refractivity contribution < 1.29 is 14.6 Å². The predicted molar refractivity (Wildman–Crippen MR) is 94.1 cm³/mol. The van der Waals surface area contributed by atoms with E-state index in [9.17, 15) is 9.90 Å². The van der Waals surface area contributed by atoms with Gasteiger partial charge >= 0.3 is 5.97 Å². The number of aliphatic carboxylic acids is 1. The molecule has 2 aromatic rings. The average Bonchev–Trinajstić information content (AvgIpc) is 3.00. The fourth-order valence-electron chi connectivity index (χ4n) is 3.20. The van der Waals surface area contributed by atoms with Crippen molar-refractivity contribution in [1.29, 1.82) is 0 Å². The lowest BCUT2D eigenvalue weighted by Crippen LogP contribution is -2.23. The Balaban J connectivity index is 1.77. The lowest BCUT2D eigenvalue weighted by molar-refractivity contribution is -0.141. The lowest BCUT2D eigenvalue weighted by Gasteiger charge is -2.16. The Labute approximate surface area is 149 Å². The highest BCUT2D eigenvalue weighted by molar-refractivity contribution is 9.10. The van der Waals surface area contributed by atoms with Crippen LogP contribution in [0.3, 0.4) is 0 Å². The predicted octanol–water partition coefficient (Wildman–Crippen LogP) is 3.15. The first kappa shape index (κ1) is 16.9. The Bertz CT molecular complexity index is 720. The molecule has 1 aromatic heterocycles. The maximum atomic E-state index is 11.7. The number of methoxy groups -OCH3 is 1. The average molecular weight is 391 g/mol. The van der Waals surface area contributed by atoms with Crippen LogP contribution in [0.5, 0.6) is 5.88 Å². The van der Waals surface area contributed by atoms with Gasteiger partial charge in [-0.3, -0.25) is 9.69 Å². The second kappa shape index (κ2) is 7.32. The van der Waals surface area contributed by atoms with Gasteiger partial charge in [-0.25, -0.2) is 4.98 Å². The van der Waals surface area contributed by atoms with Crippen LogP contribution in [0, 0.1) is 5.92 Å². The standard InChI is InChI=1S/C18H19BrN2O3/c1-24-17-4-2-3-14(20-17)9-21-10-15(16(11-21)18(22)23)12-5-7-13(19)8-6-12/h2-8,15-16H,9-11H2,1H3,(H,22,23)/t15-,16+/m0/s1. The van der Waals surface area contributed by atoms with Gasteiger partial charge in [0.2, 0.25) is 5.88 Å². The van der Waals surface area contributed by atoms with Crippen LogP contribution >= 0.6 is 15.9 Å². The van der Waals surface area contributed by atoms with E-state index in [4.69, 9.17) is 4.74 Å². The van der Waals surface area contributed by atoms with Gasteiger partial charge in [-0.05, 0) is 23.8 Å². The number of likely N-dealkylation sites (tertiary alicyclic amines) is 1. The molecule has 1 saturated heterocycles. The van der Waals surface area contributed by atoms with E-state index in [0.717, 1.165) is 15.7 Å². The molecule has 2 heterocycles. The maximum Gasteiger partial charge on any atom is 0.308 e. The molecule has 1 aromatic carbocycles. The third kappa shape index (κ3) is 3.76. The molecule has 0 aliphatic carbocycles. The number of ether oxygens (including phenoxy) is 1. The molecule has 1 aliphatic rings. The van der Waals surface area contributed by atoms with Crippen LogP contribution in [-0.2, 0) is 11.3 Å². The lowest BCUT2D eigenvalue weighted by atomic mass is 9.89. The minimum Gasteiger partial charge on any atom is -0.481 e. The van der Waals surface area contributed by atoms with E-state index in [0.29, 0.717) is 25.5 Å². The zero-order chi connectivity index (χ0) is 17.1. The molecular formula is C18H19BrN2O3. The van der Waals surface area contributed by atoms with Gasteiger partial charge in [0.25, 0.3) is 0 Å². The normalized spacial score (nSPS) is 20.9. The van der Waals surface area contributed by atoms with Crippen molar-refractivity contribution in [3.8, 4) is 5.88 Å². The Kier molecular flexibility index (Phi) is 5.16. The van der Waals surface area contributed by atoms with Crippen LogP contribution in [-0.4, -0.2) is 41.2 Å². The highest BCUT2D eigenvalue weighted by Crippen LogP contribution is 2.34. The van der Waals surface area contributed by atoms with Crippen molar-refractivity contribution in [3.63, 3.8) is 0 Å². The molecule has 2 atom stereocenters. The van der Waals surface area contributed by atoms with Gasteiger partial charge in [-0.2, -0.15) is 0 Å². The number of pyridine rings is 1. The Hall–Kier alpha value is -1.92. The fourth-order valence-corrected chi connectivity index (χ4v) is 3.47. The molecule has 3 rings (SSSR count). The minimum absolute atomic E-state index is 0.0128. The number of benzene rings is 1. The number of carboxylic acid groups (broad SMARTS) is 1. The summed E-state index contributed by atoms with van der Waals surface area (Å²) in [5, 5.41) is 9.59. The third-order valence-electron chi connectivity index (χ3n) is 4.39. The topological polar surface area (TPSA) is 62.7 Å². The SMILES string of the molecule is COc1cccc(CN2C[C@@H](C(=O)O)[C@H](c3ccc(Br)cc3)C2)n1. The summed E-state index contributed by atoms with van der Waals surface area (Å²) in [6, 6.07) is 13.6. The van der Waals surface area contributed by atoms with Gasteiger partial charge in [0.1, 0.15) is 0 Å². The molecule has 5 nitrogen and oxygen atoms in total. The summed E-state index contributed by atoms with van der Waals surface area (Å²) in [6.45, 7) is 1.85. The summed E-state index contributed by atoms with van der Waals surface area (Å²) in [5.74, 6) is -0.590. The Morgan fingerprint density at radius 1 is 1.29 bits per heavy atom. The van der Waals surface area contributed by atoms with Crippen LogP contribution in [0.4, 0.5) is 0 Å². The number of hydrogen-bond acceptors (Lipinski definition) is 4. The van der Waals surface area contributed by atoms with Crippen molar-refractivity contribution in [1.82, 2.24) is 9.88 Å².